The Morgan fingerprint density at radius 3 is 2.84 bits per heavy atom. The minimum absolute atomic E-state index is 0.112. The summed E-state index contributed by atoms with van der Waals surface area (Å²) in [6.45, 7) is 5.27. The average molecular weight is 367 g/mol. The first-order chi connectivity index (χ1) is 9.24. The van der Waals surface area contributed by atoms with Crippen LogP contribution in [-0.2, 0) is 0 Å². The Hall–Kier alpha value is -1.01. The van der Waals surface area contributed by atoms with E-state index in [0.29, 0.717) is 0 Å². The lowest BCUT2D eigenvalue weighted by Crippen LogP contribution is -2.25. The molecule has 1 aromatic carbocycles. The molecule has 1 N–H and O–H groups in total. The van der Waals surface area contributed by atoms with Crippen molar-refractivity contribution in [1.82, 2.24) is 15.3 Å². The van der Waals surface area contributed by atoms with Crippen molar-refractivity contribution >= 4 is 22.6 Å². The van der Waals surface area contributed by atoms with Gasteiger partial charge in [-0.2, -0.15) is 0 Å². The number of halogens is 1. The Balaban J connectivity index is 2.40. The minimum atomic E-state index is 0.112. The van der Waals surface area contributed by atoms with Gasteiger partial charge in [0.05, 0.1) is 17.9 Å². The first-order valence-electron chi connectivity index (χ1n) is 6.48. The van der Waals surface area contributed by atoms with Crippen LogP contribution < -0.4 is 5.32 Å². The van der Waals surface area contributed by atoms with Gasteiger partial charge in [-0.3, -0.25) is 9.97 Å². The number of hydrogen-bond donors (Lipinski definition) is 1. The highest BCUT2D eigenvalue weighted by atomic mass is 127. The van der Waals surface area contributed by atoms with Crippen LogP contribution >= 0.6 is 22.6 Å². The predicted molar refractivity (Wildman–Crippen MR) is 86.1 cm³/mol. The van der Waals surface area contributed by atoms with E-state index in [-0.39, 0.29) is 6.04 Å². The van der Waals surface area contributed by atoms with Crippen molar-refractivity contribution in [2.45, 2.75) is 26.3 Å². The molecule has 1 heterocycles. The molecule has 1 unspecified atom stereocenters. The minimum Gasteiger partial charge on any atom is -0.305 e. The monoisotopic (exact) mass is 367 g/mol. The topological polar surface area (TPSA) is 37.8 Å². The molecule has 0 aliphatic carbocycles. The SMILES string of the molecule is CCCNC(c1cnccn1)c1cccc(C)c1I. The maximum Gasteiger partial charge on any atom is 0.0801 e. The van der Waals surface area contributed by atoms with E-state index in [0.717, 1.165) is 18.7 Å². The van der Waals surface area contributed by atoms with Crippen molar-refractivity contribution in [3.05, 3.63) is 57.2 Å². The van der Waals surface area contributed by atoms with Crippen LogP contribution in [0.15, 0.2) is 36.8 Å². The second-order valence-electron chi connectivity index (χ2n) is 4.50. The number of aromatic nitrogens is 2. The standard InChI is InChI=1S/C15H18IN3/c1-3-7-19-15(13-10-17-8-9-18-13)12-6-4-5-11(2)14(12)16/h4-6,8-10,15,19H,3,7H2,1-2H3. The molecule has 0 aliphatic heterocycles. The van der Waals surface area contributed by atoms with E-state index in [4.69, 9.17) is 0 Å². The summed E-state index contributed by atoms with van der Waals surface area (Å²) in [5, 5.41) is 3.56. The predicted octanol–water partition coefficient (Wildman–Crippen LogP) is 3.48. The lowest BCUT2D eigenvalue weighted by molar-refractivity contribution is 0.582. The molecule has 4 heteroatoms. The van der Waals surface area contributed by atoms with E-state index < -0.39 is 0 Å². The normalized spacial score (nSPS) is 12.4. The molecule has 0 aliphatic rings. The van der Waals surface area contributed by atoms with E-state index in [1.807, 2.05) is 6.20 Å². The molecule has 0 spiro atoms. The number of rotatable bonds is 5. The van der Waals surface area contributed by atoms with Crippen molar-refractivity contribution in [3.63, 3.8) is 0 Å². The number of nitrogens with zero attached hydrogens (tertiary/aromatic N) is 2. The number of benzene rings is 1. The Morgan fingerprint density at radius 2 is 2.16 bits per heavy atom. The van der Waals surface area contributed by atoms with Crippen molar-refractivity contribution < 1.29 is 0 Å². The maximum atomic E-state index is 4.45. The molecule has 2 rings (SSSR count). The Bertz CT molecular complexity index is 528. The Labute approximate surface area is 128 Å². The molecule has 0 amide bonds. The zero-order valence-corrected chi connectivity index (χ0v) is 13.4. The fourth-order valence-corrected chi connectivity index (χ4v) is 2.69. The third-order valence-electron chi connectivity index (χ3n) is 3.01. The van der Waals surface area contributed by atoms with Crippen LogP contribution in [0.4, 0.5) is 0 Å². The quantitative estimate of drug-likeness (QED) is 0.823. The van der Waals surface area contributed by atoms with Crippen LogP contribution in [0.5, 0.6) is 0 Å². The van der Waals surface area contributed by atoms with Gasteiger partial charge < -0.3 is 5.32 Å². The summed E-state index contributed by atoms with van der Waals surface area (Å²) in [5.74, 6) is 0. The van der Waals surface area contributed by atoms with Crippen molar-refractivity contribution in [2.75, 3.05) is 6.54 Å². The number of aryl methyl sites for hydroxylation is 1. The van der Waals surface area contributed by atoms with Crippen LogP contribution in [0.3, 0.4) is 0 Å². The second kappa shape index (κ2) is 6.96. The zero-order chi connectivity index (χ0) is 13.7. The summed E-state index contributed by atoms with van der Waals surface area (Å²) >= 11 is 2.41. The average Bonchev–Trinajstić information content (AvgIpc) is 2.45. The highest BCUT2D eigenvalue weighted by molar-refractivity contribution is 14.1. The molecule has 1 aromatic heterocycles. The molecule has 0 fully saturated rings. The summed E-state index contributed by atoms with van der Waals surface area (Å²) in [7, 11) is 0. The van der Waals surface area contributed by atoms with Gasteiger partial charge in [-0.05, 0) is 53.6 Å². The molecular weight excluding hydrogens is 349 g/mol. The first kappa shape index (κ1) is 14.4. The molecule has 3 nitrogen and oxygen atoms in total. The third kappa shape index (κ3) is 3.51. The van der Waals surface area contributed by atoms with E-state index in [2.05, 4.69) is 69.9 Å². The summed E-state index contributed by atoms with van der Waals surface area (Å²) in [6, 6.07) is 6.51. The molecular formula is C15H18IN3. The van der Waals surface area contributed by atoms with Gasteiger partial charge in [0.25, 0.3) is 0 Å². The highest BCUT2D eigenvalue weighted by Crippen LogP contribution is 2.26. The van der Waals surface area contributed by atoms with E-state index in [1.165, 1.54) is 14.7 Å². The molecule has 0 bridgehead atoms. The molecule has 0 saturated heterocycles. The molecule has 2 aromatic rings. The molecule has 100 valence electrons. The summed E-state index contributed by atoms with van der Waals surface area (Å²) < 4.78 is 1.29. The van der Waals surface area contributed by atoms with Gasteiger partial charge in [0.15, 0.2) is 0 Å². The van der Waals surface area contributed by atoms with Gasteiger partial charge >= 0.3 is 0 Å². The van der Waals surface area contributed by atoms with Crippen molar-refractivity contribution in [3.8, 4) is 0 Å². The molecule has 0 saturated carbocycles. The van der Waals surface area contributed by atoms with Crippen molar-refractivity contribution in [1.29, 1.82) is 0 Å². The van der Waals surface area contributed by atoms with E-state index in [1.54, 1.807) is 12.4 Å². The molecule has 19 heavy (non-hydrogen) atoms. The van der Waals surface area contributed by atoms with Gasteiger partial charge in [0.1, 0.15) is 0 Å². The summed E-state index contributed by atoms with van der Waals surface area (Å²) in [4.78, 5) is 8.64. The Morgan fingerprint density at radius 1 is 1.32 bits per heavy atom. The van der Waals surface area contributed by atoms with Crippen LogP contribution in [0.2, 0.25) is 0 Å². The van der Waals surface area contributed by atoms with Gasteiger partial charge in [0, 0.05) is 16.0 Å². The maximum absolute atomic E-state index is 4.45. The third-order valence-corrected chi connectivity index (χ3v) is 4.48. The number of nitrogens with one attached hydrogen (secondary N) is 1. The van der Waals surface area contributed by atoms with Gasteiger partial charge in [-0.25, -0.2) is 0 Å². The van der Waals surface area contributed by atoms with E-state index >= 15 is 0 Å². The van der Waals surface area contributed by atoms with Gasteiger partial charge in [-0.15, -0.1) is 0 Å². The lowest BCUT2D eigenvalue weighted by Gasteiger charge is -2.20. The largest absolute Gasteiger partial charge is 0.305 e. The van der Waals surface area contributed by atoms with Crippen LogP contribution in [0, 0.1) is 10.5 Å². The summed E-state index contributed by atoms with van der Waals surface area (Å²) in [5.41, 5.74) is 3.54. The van der Waals surface area contributed by atoms with E-state index in [9.17, 15) is 0 Å². The fourth-order valence-electron chi connectivity index (χ4n) is 2.02. The number of hydrogen-bond acceptors (Lipinski definition) is 3. The van der Waals surface area contributed by atoms with Gasteiger partial charge in [-0.1, -0.05) is 25.1 Å². The van der Waals surface area contributed by atoms with Crippen molar-refractivity contribution in [2.24, 2.45) is 0 Å². The highest BCUT2D eigenvalue weighted by Gasteiger charge is 2.18. The van der Waals surface area contributed by atoms with Crippen LogP contribution in [0.25, 0.3) is 0 Å². The first-order valence-corrected chi connectivity index (χ1v) is 7.56. The van der Waals surface area contributed by atoms with Crippen LogP contribution in [-0.4, -0.2) is 16.5 Å². The van der Waals surface area contributed by atoms with Gasteiger partial charge in [0.2, 0.25) is 0 Å². The lowest BCUT2D eigenvalue weighted by atomic mass is 10.0. The Kier molecular flexibility index (Phi) is 5.27. The smallest absolute Gasteiger partial charge is 0.0801 e. The fraction of sp³-hybridized carbons (Fsp3) is 0.333. The second-order valence-corrected chi connectivity index (χ2v) is 5.57. The summed E-state index contributed by atoms with van der Waals surface area (Å²) in [6.07, 6.45) is 6.39. The molecule has 0 radical (unpaired) electrons. The molecule has 1 atom stereocenters. The zero-order valence-electron chi connectivity index (χ0n) is 11.2. The van der Waals surface area contributed by atoms with Crippen LogP contribution in [0.1, 0.15) is 36.2 Å².